The van der Waals surface area contributed by atoms with Crippen LogP contribution in [0.15, 0.2) is 33.5 Å². The summed E-state index contributed by atoms with van der Waals surface area (Å²) in [5.74, 6) is 2.97. The number of hydrogen-bond donors (Lipinski definition) is 1. The highest BCUT2D eigenvalue weighted by atomic mass is 32.2. The number of aryl methyl sites for hydroxylation is 2. The molecule has 3 aliphatic rings. The van der Waals surface area contributed by atoms with E-state index in [1.54, 1.807) is 46.9 Å². The fourth-order valence-corrected chi connectivity index (χ4v) is 8.39. The zero-order chi connectivity index (χ0) is 31.5. The number of likely N-dealkylation sites (tertiary alicyclic amines) is 1. The lowest BCUT2D eigenvalue weighted by molar-refractivity contribution is -0.130. The summed E-state index contributed by atoms with van der Waals surface area (Å²) < 4.78 is 6.61. The molecule has 6 rings (SSSR count). The number of nitrogens with one attached hydrogen (secondary N) is 1. The molecule has 13 heteroatoms. The molecule has 1 N–H and O–H groups in total. The summed E-state index contributed by atoms with van der Waals surface area (Å²) in [5, 5.41) is 4.17. The number of hydrogen-bond acceptors (Lipinski definition) is 11. The Hall–Kier alpha value is -3.42. The quantitative estimate of drug-likeness (QED) is 0.346. The lowest BCUT2D eigenvalue weighted by Gasteiger charge is -2.34. The van der Waals surface area contributed by atoms with Crippen molar-refractivity contribution in [3.63, 3.8) is 0 Å². The Morgan fingerprint density at radius 1 is 1.00 bits per heavy atom. The van der Waals surface area contributed by atoms with Crippen LogP contribution < -0.4 is 15.0 Å². The fourth-order valence-electron chi connectivity index (χ4n) is 6.44. The van der Waals surface area contributed by atoms with Crippen molar-refractivity contribution in [3.05, 3.63) is 41.3 Å². The van der Waals surface area contributed by atoms with Gasteiger partial charge in [-0.15, -0.1) is 0 Å². The SMILES string of the molecule is COc1cc(C)c(Sc2cnc(Nc3cc(N4CCC[C@H]4CN4CCCC4)nc(C)n3)s2)cc1C(=O)N1CCN(C(C)=O)CC1. The molecule has 3 fully saturated rings. The van der Waals surface area contributed by atoms with Gasteiger partial charge in [-0.25, -0.2) is 15.0 Å². The number of rotatable bonds is 9. The van der Waals surface area contributed by atoms with Gasteiger partial charge in [0.25, 0.3) is 5.91 Å². The van der Waals surface area contributed by atoms with E-state index in [0.717, 1.165) is 50.3 Å². The van der Waals surface area contributed by atoms with E-state index >= 15 is 0 Å². The molecule has 45 heavy (non-hydrogen) atoms. The van der Waals surface area contributed by atoms with Gasteiger partial charge in [0.15, 0.2) is 5.13 Å². The van der Waals surface area contributed by atoms with E-state index in [1.165, 1.54) is 38.8 Å². The van der Waals surface area contributed by atoms with Crippen LogP contribution in [0.3, 0.4) is 0 Å². The van der Waals surface area contributed by atoms with Crippen LogP contribution in [0.25, 0.3) is 0 Å². The van der Waals surface area contributed by atoms with Gasteiger partial charge in [-0.1, -0.05) is 23.1 Å². The molecule has 11 nitrogen and oxygen atoms in total. The second-order valence-electron chi connectivity index (χ2n) is 12.0. The smallest absolute Gasteiger partial charge is 0.257 e. The van der Waals surface area contributed by atoms with Gasteiger partial charge in [-0.05, 0) is 70.3 Å². The monoisotopic (exact) mass is 650 g/mol. The van der Waals surface area contributed by atoms with Gasteiger partial charge in [0.2, 0.25) is 5.91 Å². The molecule has 0 saturated carbocycles. The Kier molecular flexibility index (Phi) is 9.76. The van der Waals surface area contributed by atoms with Crippen LogP contribution >= 0.6 is 23.1 Å². The zero-order valence-electron chi connectivity index (χ0n) is 26.5. The van der Waals surface area contributed by atoms with Crippen LogP contribution in [0.2, 0.25) is 0 Å². The van der Waals surface area contributed by atoms with Crippen molar-refractivity contribution in [2.45, 2.75) is 61.6 Å². The van der Waals surface area contributed by atoms with Crippen molar-refractivity contribution in [1.29, 1.82) is 0 Å². The molecular weight excluding hydrogens is 609 g/mol. The first-order valence-corrected chi connectivity index (χ1v) is 17.4. The van der Waals surface area contributed by atoms with Gasteiger partial charge < -0.3 is 29.7 Å². The van der Waals surface area contributed by atoms with Crippen LogP contribution in [0.5, 0.6) is 5.75 Å². The summed E-state index contributed by atoms with van der Waals surface area (Å²) >= 11 is 3.13. The first kappa shape index (κ1) is 31.6. The van der Waals surface area contributed by atoms with E-state index < -0.39 is 0 Å². The highest BCUT2D eigenvalue weighted by Gasteiger charge is 2.29. The normalized spacial score (nSPS) is 18.9. The third-order valence-electron chi connectivity index (χ3n) is 8.83. The van der Waals surface area contributed by atoms with E-state index in [2.05, 4.69) is 25.1 Å². The highest BCUT2D eigenvalue weighted by Crippen LogP contribution is 2.39. The van der Waals surface area contributed by atoms with Crippen LogP contribution in [-0.4, -0.2) is 107 Å². The maximum absolute atomic E-state index is 13.5. The molecule has 3 saturated heterocycles. The molecule has 0 radical (unpaired) electrons. The molecule has 1 atom stereocenters. The van der Waals surface area contributed by atoms with Gasteiger partial charge in [-0.3, -0.25) is 9.59 Å². The third kappa shape index (κ3) is 7.36. The number of anilines is 3. The largest absolute Gasteiger partial charge is 0.496 e. The lowest BCUT2D eigenvalue weighted by Crippen LogP contribution is -2.50. The van der Waals surface area contributed by atoms with Gasteiger partial charge in [-0.2, -0.15) is 0 Å². The molecule has 240 valence electrons. The fraction of sp³-hybridized carbons (Fsp3) is 0.531. The van der Waals surface area contributed by atoms with Gasteiger partial charge in [0, 0.05) is 63.2 Å². The second kappa shape index (κ2) is 13.9. The Balaban J connectivity index is 1.14. The number of aromatic nitrogens is 3. The Morgan fingerprint density at radius 3 is 2.49 bits per heavy atom. The van der Waals surface area contributed by atoms with E-state index in [9.17, 15) is 9.59 Å². The highest BCUT2D eigenvalue weighted by molar-refractivity contribution is 8.01. The Bertz CT molecular complexity index is 1530. The number of ether oxygens (including phenoxy) is 1. The van der Waals surface area contributed by atoms with Crippen LogP contribution in [0.1, 0.15) is 54.4 Å². The van der Waals surface area contributed by atoms with Crippen molar-refractivity contribution in [1.82, 2.24) is 29.7 Å². The third-order valence-corrected chi connectivity index (χ3v) is 11.0. The summed E-state index contributed by atoms with van der Waals surface area (Å²) in [7, 11) is 1.59. The molecule has 2 amide bonds. The summed E-state index contributed by atoms with van der Waals surface area (Å²) in [6, 6.07) is 6.37. The minimum absolute atomic E-state index is 0.0375. The van der Waals surface area contributed by atoms with Crippen molar-refractivity contribution in [2.75, 3.05) is 69.7 Å². The number of carbonyl (C=O) groups is 2. The molecule has 0 bridgehead atoms. The molecule has 1 aromatic carbocycles. The number of piperazine rings is 1. The minimum Gasteiger partial charge on any atom is -0.496 e. The first-order chi connectivity index (χ1) is 21.8. The first-order valence-electron chi connectivity index (χ1n) is 15.8. The van der Waals surface area contributed by atoms with Crippen LogP contribution in [-0.2, 0) is 4.79 Å². The molecule has 0 unspecified atom stereocenters. The van der Waals surface area contributed by atoms with Gasteiger partial charge in [0.1, 0.15) is 23.2 Å². The van der Waals surface area contributed by atoms with Gasteiger partial charge in [0.05, 0.1) is 23.1 Å². The van der Waals surface area contributed by atoms with Gasteiger partial charge >= 0.3 is 0 Å². The number of nitrogens with zero attached hydrogens (tertiary/aromatic N) is 7. The van der Waals surface area contributed by atoms with Crippen molar-refractivity contribution in [2.24, 2.45) is 0 Å². The molecule has 3 aromatic rings. The number of amides is 2. The standard InChI is InChI=1S/C32H42N8O3S2/c1-21-16-26(43-4)25(31(42)39-14-12-38(13-15-39)23(3)41)17-27(21)44-30-19-33-32(45-30)36-28-18-29(35-22(2)34-28)40-11-7-8-24(40)20-37-9-5-6-10-37/h16-19,24H,5-15,20H2,1-4H3,(H,33,34,35,36)/t24-/m0/s1. The second-order valence-corrected chi connectivity index (χ2v) is 14.4. The van der Waals surface area contributed by atoms with E-state index in [-0.39, 0.29) is 11.8 Å². The number of carbonyl (C=O) groups excluding carboxylic acids is 2. The van der Waals surface area contributed by atoms with Crippen molar-refractivity contribution in [3.8, 4) is 5.75 Å². The van der Waals surface area contributed by atoms with E-state index in [4.69, 9.17) is 9.72 Å². The summed E-state index contributed by atoms with van der Waals surface area (Å²) in [6.45, 7) is 12.1. The van der Waals surface area contributed by atoms with Crippen molar-refractivity contribution >= 4 is 51.7 Å². The maximum atomic E-state index is 13.5. The van der Waals surface area contributed by atoms with E-state index in [0.29, 0.717) is 43.5 Å². The molecule has 3 aliphatic heterocycles. The molecular formula is C32H42N8O3S2. The van der Waals surface area contributed by atoms with Crippen molar-refractivity contribution < 1.29 is 14.3 Å². The van der Waals surface area contributed by atoms with Crippen LogP contribution in [0.4, 0.5) is 16.8 Å². The average Bonchev–Trinajstić information content (AvgIpc) is 3.81. The van der Waals surface area contributed by atoms with Crippen LogP contribution in [0, 0.1) is 13.8 Å². The zero-order valence-corrected chi connectivity index (χ0v) is 28.2. The van der Waals surface area contributed by atoms with E-state index in [1.807, 2.05) is 38.2 Å². The summed E-state index contributed by atoms with van der Waals surface area (Å²) in [4.78, 5) is 49.0. The number of thiazole rings is 1. The predicted molar refractivity (Wildman–Crippen MR) is 178 cm³/mol. The Labute approximate surface area is 273 Å². The lowest BCUT2D eigenvalue weighted by atomic mass is 10.1. The minimum atomic E-state index is -0.0841. The Morgan fingerprint density at radius 2 is 1.76 bits per heavy atom. The summed E-state index contributed by atoms with van der Waals surface area (Å²) in [5.41, 5.74) is 1.54. The molecule has 0 aliphatic carbocycles. The molecule has 0 spiro atoms. The number of benzene rings is 1. The molecule has 5 heterocycles. The summed E-state index contributed by atoms with van der Waals surface area (Å²) in [6.07, 6.45) is 6.85. The number of methoxy groups -OCH3 is 1. The molecule has 2 aromatic heterocycles. The predicted octanol–water partition coefficient (Wildman–Crippen LogP) is 4.82. The maximum Gasteiger partial charge on any atom is 0.257 e. The topological polar surface area (TPSA) is 107 Å². The average molecular weight is 651 g/mol.